The maximum Gasteiger partial charge on any atom is 0.163 e. The highest BCUT2D eigenvalue weighted by molar-refractivity contribution is 5.88. The van der Waals surface area contributed by atoms with Crippen molar-refractivity contribution in [1.82, 2.24) is 19.7 Å². The lowest BCUT2D eigenvalue weighted by Crippen LogP contribution is -2.31. The summed E-state index contributed by atoms with van der Waals surface area (Å²) in [6, 6.07) is 6.53. The van der Waals surface area contributed by atoms with Crippen LogP contribution in [0.5, 0.6) is 0 Å². The van der Waals surface area contributed by atoms with Crippen LogP contribution in [0.25, 0.3) is 11.0 Å². The quantitative estimate of drug-likeness (QED) is 0.770. The minimum Gasteiger partial charge on any atom is -0.393 e. The van der Waals surface area contributed by atoms with Crippen molar-refractivity contribution in [1.29, 1.82) is 0 Å². The second-order valence-corrected chi connectivity index (χ2v) is 5.93. The average molecular weight is 313 g/mol. The molecule has 2 heterocycles. The normalized spacial score (nSPS) is 20.6. The van der Waals surface area contributed by atoms with Crippen molar-refractivity contribution in [3.05, 3.63) is 47.7 Å². The van der Waals surface area contributed by atoms with Gasteiger partial charge in [0, 0.05) is 6.42 Å². The zero-order valence-corrected chi connectivity index (χ0v) is 12.4. The Balaban J connectivity index is 1.79. The number of aliphatic hydroxyl groups is 1. The maximum absolute atomic E-state index is 13.4. The van der Waals surface area contributed by atoms with Crippen molar-refractivity contribution in [3.8, 4) is 0 Å². The molecule has 3 N–H and O–H groups in total. The molecule has 0 aliphatic heterocycles. The van der Waals surface area contributed by atoms with Crippen LogP contribution in [0.15, 0.2) is 30.6 Å². The van der Waals surface area contributed by atoms with E-state index in [0.29, 0.717) is 36.1 Å². The maximum atomic E-state index is 13.4. The summed E-state index contributed by atoms with van der Waals surface area (Å²) in [5.74, 6) is 0.0881. The van der Waals surface area contributed by atoms with E-state index in [9.17, 15) is 9.50 Å². The van der Waals surface area contributed by atoms with Crippen LogP contribution in [0.3, 0.4) is 0 Å². The molecule has 1 fully saturated rings. The molecule has 0 bridgehead atoms. The first-order chi connectivity index (χ1) is 11.1. The minimum absolute atomic E-state index is 0.114. The first-order valence-corrected chi connectivity index (χ1v) is 7.52. The van der Waals surface area contributed by atoms with Gasteiger partial charge in [-0.25, -0.2) is 19.0 Å². The molecule has 6 nitrogen and oxygen atoms in total. The van der Waals surface area contributed by atoms with E-state index in [2.05, 4.69) is 15.1 Å². The highest BCUT2D eigenvalue weighted by Crippen LogP contribution is 2.35. The van der Waals surface area contributed by atoms with Crippen LogP contribution in [0, 0.1) is 5.82 Å². The summed E-state index contributed by atoms with van der Waals surface area (Å²) in [7, 11) is 0. The van der Waals surface area contributed by atoms with Gasteiger partial charge in [0.2, 0.25) is 0 Å². The van der Waals surface area contributed by atoms with E-state index in [0.717, 1.165) is 11.3 Å². The third kappa shape index (κ3) is 2.43. The van der Waals surface area contributed by atoms with Gasteiger partial charge in [0.25, 0.3) is 0 Å². The molecule has 0 saturated heterocycles. The molecule has 4 rings (SSSR count). The van der Waals surface area contributed by atoms with Gasteiger partial charge in [0.05, 0.1) is 23.2 Å². The summed E-state index contributed by atoms with van der Waals surface area (Å²) < 4.78 is 15.2. The molecule has 1 saturated carbocycles. The Bertz CT molecular complexity index is 872. The van der Waals surface area contributed by atoms with Crippen LogP contribution in [0.4, 0.5) is 10.2 Å². The van der Waals surface area contributed by atoms with E-state index in [1.165, 1.54) is 18.5 Å². The largest absolute Gasteiger partial charge is 0.393 e. The van der Waals surface area contributed by atoms with Crippen molar-refractivity contribution < 1.29 is 9.50 Å². The molecule has 0 radical (unpaired) electrons. The van der Waals surface area contributed by atoms with E-state index in [1.807, 2.05) is 10.7 Å². The average Bonchev–Trinajstić information content (AvgIpc) is 2.84. The Morgan fingerprint density at radius 1 is 1.30 bits per heavy atom. The van der Waals surface area contributed by atoms with Crippen molar-refractivity contribution in [3.63, 3.8) is 0 Å². The van der Waals surface area contributed by atoms with Crippen molar-refractivity contribution in [2.75, 3.05) is 5.73 Å². The summed E-state index contributed by atoms with van der Waals surface area (Å²) in [5, 5.41) is 14.9. The molecule has 1 aliphatic carbocycles. The zero-order valence-electron chi connectivity index (χ0n) is 12.4. The number of anilines is 1. The number of nitrogens with zero attached hydrogens (tertiary/aromatic N) is 4. The number of aromatic nitrogens is 4. The number of nitrogens with two attached hydrogens (primary N) is 1. The fraction of sp³-hybridized carbons (Fsp3) is 0.312. The highest BCUT2D eigenvalue weighted by atomic mass is 19.1. The number of hydrogen-bond acceptors (Lipinski definition) is 5. The lowest BCUT2D eigenvalue weighted by molar-refractivity contribution is 0.0449. The van der Waals surface area contributed by atoms with Crippen LogP contribution in [-0.4, -0.2) is 31.0 Å². The molecule has 1 aliphatic rings. The fourth-order valence-electron chi connectivity index (χ4n) is 3.04. The number of fused-ring (bicyclic) bond motifs is 1. The Morgan fingerprint density at radius 2 is 2.13 bits per heavy atom. The summed E-state index contributed by atoms with van der Waals surface area (Å²) in [6.45, 7) is 0. The van der Waals surface area contributed by atoms with Crippen LogP contribution in [0.2, 0.25) is 0 Å². The van der Waals surface area contributed by atoms with E-state index in [-0.39, 0.29) is 18.0 Å². The van der Waals surface area contributed by atoms with Gasteiger partial charge in [0.1, 0.15) is 18.0 Å². The van der Waals surface area contributed by atoms with E-state index < -0.39 is 0 Å². The Kier molecular flexibility index (Phi) is 3.23. The van der Waals surface area contributed by atoms with Crippen molar-refractivity contribution in [2.45, 2.75) is 31.4 Å². The summed E-state index contributed by atoms with van der Waals surface area (Å²) in [5.41, 5.74) is 8.22. The number of rotatable bonds is 3. The van der Waals surface area contributed by atoms with Crippen molar-refractivity contribution in [2.24, 2.45) is 0 Å². The topological polar surface area (TPSA) is 89.9 Å². The minimum atomic E-state index is -0.287. The molecule has 1 aromatic carbocycles. The van der Waals surface area contributed by atoms with Gasteiger partial charge in [0.15, 0.2) is 5.65 Å². The summed E-state index contributed by atoms with van der Waals surface area (Å²) in [6.07, 6.45) is 2.88. The number of aliphatic hydroxyl groups excluding tert-OH is 1. The Labute approximate surface area is 131 Å². The first-order valence-electron chi connectivity index (χ1n) is 7.52. The molecular weight excluding hydrogens is 297 g/mol. The van der Waals surface area contributed by atoms with E-state index >= 15 is 0 Å². The molecule has 0 unspecified atom stereocenters. The van der Waals surface area contributed by atoms with Crippen LogP contribution >= 0.6 is 0 Å². The van der Waals surface area contributed by atoms with Gasteiger partial charge in [-0.2, -0.15) is 5.10 Å². The van der Waals surface area contributed by atoms with Gasteiger partial charge in [-0.15, -0.1) is 0 Å². The molecule has 0 amide bonds. The summed E-state index contributed by atoms with van der Waals surface area (Å²) in [4.78, 5) is 8.35. The smallest absolute Gasteiger partial charge is 0.163 e. The fourth-order valence-corrected chi connectivity index (χ4v) is 3.04. The monoisotopic (exact) mass is 313 g/mol. The standard InChI is InChI=1S/C16H16FN5O/c17-10-3-1-2-9(4-10)5-13-14-15(18)19-8-20-16(14)22(21-13)11-6-12(23)7-11/h1-4,8,11-12,23H,5-7H2,(H2,18,19,20). The third-order valence-corrected chi connectivity index (χ3v) is 4.29. The molecule has 7 heteroatoms. The van der Waals surface area contributed by atoms with Crippen molar-refractivity contribution >= 4 is 16.9 Å². The van der Waals surface area contributed by atoms with E-state index in [1.54, 1.807) is 6.07 Å². The summed E-state index contributed by atoms with van der Waals surface area (Å²) >= 11 is 0. The predicted molar refractivity (Wildman–Crippen MR) is 83.2 cm³/mol. The predicted octanol–water partition coefficient (Wildman–Crippen LogP) is 1.83. The van der Waals surface area contributed by atoms with Gasteiger partial charge >= 0.3 is 0 Å². The number of nitrogen functional groups attached to an aromatic ring is 1. The van der Waals surface area contributed by atoms with Crippen LogP contribution < -0.4 is 5.73 Å². The lowest BCUT2D eigenvalue weighted by Gasteiger charge is -2.31. The second-order valence-electron chi connectivity index (χ2n) is 5.93. The number of hydrogen-bond donors (Lipinski definition) is 2. The molecular formula is C16H16FN5O. The Hall–Kier alpha value is -2.54. The Morgan fingerprint density at radius 3 is 2.87 bits per heavy atom. The van der Waals surface area contributed by atoms with Crippen LogP contribution in [-0.2, 0) is 6.42 Å². The molecule has 3 aromatic rings. The molecule has 2 aromatic heterocycles. The van der Waals surface area contributed by atoms with Gasteiger partial charge in [-0.3, -0.25) is 0 Å². The second kappa shape index (κ2) is 5.27. The zero-order chi connectivity index (χ0) is 16.0. The lowest BCUT2D eigenvalue weighted by atomic mass is 9.90. The van der Waals surface area contributed by atoms with Gasteiger partial charge < -0.3 is 10.8 Å². The SMILES string of the molecule is Nc1ncnc2c1c(Cc1cccc(F)c1)nn2C1CC(O)C1. The highest BCUT2D eigenvalue weighted by Gasteiger charge is 2.32. The molecule has 23 heavy (non-hydrogen) atoms. The third-order valence-electron chi connectivity index (χ3n) is 4.29. The molecule has 118 valence electrons. The van der Waals surface area contributed by atoms with E-state index in [4.69, 9.17) is 5.73 Å². The number of benzene rings is 1. The van der Waals surface area contributed by atoms with Gasteiger partial charge in [-0.1, -0.05) is 12.1 Å². The number of halogens is 1. The van der Waals surface area contributed by atoms with Gasteiger partial charge in [-0.05, 0) is 30.5 Å². The van der Waals surface area contributed by atoms with Crippen LogP contribution in [0.1, 0.15) is 30.1 Å². The first kappa shape index (κ1) is 14.1. The molecule has 0 spiro atoms. The molecule has 0 atom stereocenters.